The Morgan fingerprint density at radius 3 is 2.67 bits per heavy atom. The molecule has 9 heteroatoms. The number of nitrogens with zero attached hydrogens (tertiary/aromatic N) is 3. The quantitative estimate of drug-likeness (QED) is 0.773. The summed E-state index contributed by atoms with van der Waals surface area (Å²) in [5.74, 6) is 0.278. The molecule has 0 aliphatic carbocycles. The van der Waals surface area contributed by atoms with Gasteiger partial charge in [-0.05, 0) is 24.6 Å². The zero-order chi connectivity index (χ0) is 20.1. The Labute approximate surface area is 160 Å². The summed E-state index contributed by atoms with van der Waals surface area (Å²) in [5.41, 5.74) is 6.08. The van der Waals surface area contributed by atoms with E-state index in [-0.39, 0.29) is 40.2 Å². The second-order valence-electron chi connectivity index (χ2n) is 8.95. The van der Waals surface area contributed by atoms with Crippen LogP contribution in [-0.2, 0) is 9.16 Å². The van der Waals surface area contributed by atoms with Gasteiger partial charge in [-0.25, -0.2) is 4.98 Å². The summed E-state index contributed by atoms with van der Waals surface area (Å²) >= 11 is 0. The highest BCUT2D eigenvalue weighted by atomic mass is 28.4. The molecular formula is C18H31N5O3Si. The molecule has 4 atom stereocenters. The van der Waals surface area contributed by atoms with Gasteiger partial charge in [0.1, 0.15) is 0 Å². The molecule has 0 saturated carbocycles. The van der Waals surface area contributed by atoms with E-state index in [1.54, 1.807) is 10.9 Å². The normalized spacial score (nSPS) is 26.8. The second-order valence-corrected chi connectivity index (χ2v) is 13.7. The van der Waals surface area contributed by atoms with E-state index in [9.17, 15) is 4.79 Å². The van der Waals surface area contributed by atoms with Crippen molar-refractivity contribution in [3.8, 4) is 0 Å². The Morgan fingerprint density at radius 2 is 2.07 bits per heavy atom. The van der Waals surface area contributed by atoms with E-state index in [0.717, 1.165) is 6.42 Å². The Balaban J connectivity index is 2.06. The molecule has 0 aromatic carbocycles. The van der Waals surface area contributed by atoms with E-state index >= 15 is 0 Å². The number of anilines is 1. The molecule has 3 rings (SSSR count). The largest absolute Gasteiger partial charge is 0.409 e. The first-order chi connectivity index (χ1) is 12.5. The molecular weight excluding hydrogens is 362 g/mol. The average molecular weight is 394 g/mol. The number of rotatable bonds is 4. The first-order valence-electron chi connectivity index (χ1n) is 9.52. The van der Waals surface area contributed by atoms with Crippen molar-refractivity contribution in [2.75, 3.05) is 5.73 Å². The van der Waals surface area contributed by atoms with Gasteiger partial charge >= 0.3 is 0 Å². The maximum atomic E-state index is 12.1. The van der Waals surface area contributed by atoms with Crippen LogP contribution in [0, 0.1) is 5.92 Å². The topological polar surface area (TPSA) is 108 Å². The minimum atomic E-state index is -2.02. The van der Waals surface area contributed by atoms with Crippen LogP contribution in [0.1, 0.15) is 47.3 Å². The minimum absolute atomic E-state index is 0.0641. The number of aromatic nitrogens is 4. The number of hydrogen-bond donors (Lipinski definition) is 2. The smallest absolute Gasteiger partial charge is 0.280 e. The van der Waals surface area contributed by atoms with Crippen LogP contribution >= 0.6 is 0 Å². The van der Waals surface area contributed by atoms with E-state index in [1.807, 2.05) is 0 Å². The second kappa shape index (κ2) is 6.71. The summed E-state index contributed by atoms with van der Waals surface area (Å²) in [6.45, 7) is 15.4. The van der Waals surface area contributed by atoms with Crippen molar-refractivity contribution in [2.24, 2.45) is 5.92 Å². The van der Waals surface area contributed by atoms with E-state index in [0.29, 0.717) is 5.65 Å². The predicted octanol–water partition coefficient (Wildman–Crippen LogP) is 3.04. The van der Waals surface area contributed by atoms with Gasteiger partial charge in [0.15, 0.2) is 25.7 Å². The molecule has 1 aliphatic rings. The number of hydrogen-bond acceptors (Lipinski definition) is 6. The van der Waals surface area contributed by atoms with E-state index in [1.165, 1.54) is 0 Å². The summed E-state index contributed by atoms with van der Waals surface area (Å²) in [6.07, 6.45) is 2.02. The summed E-state index contributed by atoms with van der Waals surface area (Å²) in [6, 6.07) is 0. The van der Waals surface area contributed by atoms with Crippen LogP contribution in [0.3, 0.4) is 0 Å². The molecule has 8 nitrogen and oxygen atoms in total. The highest BCUT2D eigenvalue weighted by molar-refractivity contribution is 6.74. The monoisotopic (exact) mass is 393 g/mol. The number of fused-ring (bicyclic) bond motifs is 1. The van der Waals surface area contributed by atoms with Crippen molar-refractivity contribution in [2.45, 2.75) is 77.6 Å². The van der Waals surface area contributed by atoms with E-state index < -0.39 is 14.5 Å². The summed E-state index contributed by atoms with van der Waals surface area (Å²) in [7, 11) is -2.02. The molecule has 150 valence electrons. The molecule has 2 aromatic rings. The van der Waals surface area contributed by atoms with Crippen LogP contribution in [0.5, 0.6) is 0 Å². The van der Waals surface area contributed by atoms with E-state index in [4.69, 9.17) is 14.9 Å². The SMILES string of the molecule is CC[C@H]1O[C@@H](n2cnc3c(=O)[nH]c(N)nc32)C(O[Si](C)(C)C(C)(C)C)[C@@H]1C. The van der Waals surface area contributed by atoms with Gasteiger partial charge in [-0.2, -0.15) is 4.98 Å². The Morgan fingerprint density at radius 1 is 1.41 bits per heavy atom. The molecule has 1 fully saturated rings. The third kappa shape index (κ3) is 3.43. The molecule has 27 heavy (non-hydrogen) atoms. The van der Waals surface area contributed by atoms with Gasteiger partial charge in [-0.15, -0.1) is 0 Å². The minimum Gasteiger partial charge on any atom is -0.409 e. The van der Waals surface area contributed by atoms with Gasteiger partial charge in [0.25, 0.3) is 5.56 Å². The van der Waals surface area contributed by atoms with Gasteiger partial charge in [0, 0.05) is 5.92 Å². The molecule has 0 radical (unpaired) electrons. The predicted molar refractivity (Wildman–Crippen MR) is 108 cm³/mol. The molecule has 3 heterocycles. The van der Waals surface area contributed by atoms with Gasteiger partial charge in [-0.1, -0.05) is 34.6 Å². The number of nitrogen functional groups attached to an aromatic ring is 1. The fraction of sp³-hybridized carbons (Fsp3) is 0.722. The maximum Gasteiger partial charge on any atom is 0.280 e. The van der Waals surface area contributed by atoms with Crippen LogP contribution < -0.4 is 11.3 Å². The summed E-state index contributed by atoms with van der Waals surface area (Å²) in [5, 5.41) is 0.0817. The van der Waals surface area contributed by atoms with Crippen LogP contribution in [0.25, 0.3) is 11.2 Å². The van der Waals surface area contributed by atoms with Crippen molar-refractivity contribution in [3.05, 3.63) is 16.7 Å². The zero-order valence-corrected chi connectivity index (χ0v) is 18.2. The van der Waals surface area contributed by atoms with Crippen molar-refractivity contribution in [1.29, 1.82) is 0 Å². The van der Waals surface area contributed by atoms with E-state index in [2.05, 4.69) is 62.7 Å². The van der Waals surface area contributed by atoms with Gasteiger partial charge in [-0.3, -0.25) is 14.3 Å². The Kier molecular flexibility index (Phi) is 4.98. The van der Waals surface area contributed by atoms with Gasteiger partial charge < -0.3 is 14.9 Å². The van der Waals surface area contributed by atoms with Crippen LogP contribution in [0.15, 0.2) is 11.1 Å². The molecule has 2 aromatic heterocycles. The lowest BCUT2D eigenvalue weighted by Crippen LogP contribution is -2.46. The molecule has 0 amide bonds. The summed E-state index contributed by atoms with van der Waals surface area (Å²) < 4.78 is 14.9. The lowest BCUT2D eigenvalue weighted by atomic mass is 9.99. The molecule has 1 aliphatic heterocycles. The first-order valence-corrected chi connectivity index (χ1v) is 12.4. The van der Waals surface area contributed by atoms with Crippen molar-refractivity contribution < 1.29 is 9.16 Å². The van der Waals surface area contributed by atoms with Crippen molar-refractivity contribution in [1.82, 2.24) is 19.5 Å². The number of aromatic amines is 1. The van der Waals surface area contributed by atoms with Crippen LogP contribution in [-0.4, -0.2) is 40.0 Å². The number of imidazole rings is 1. The van der Waals surface area contributed by atoms with Crippen LogP contribution in [0.2, 0.25) is 18.1 Å². The Hall–Kier alpha value is -1.71. The third-order valence-corrected chi connectivity index (χ3v) is 10.5. The average Bonchev–Trinajstić information content (AvgIpc) is 3.08. The highest BCUT2D eigenvalue weighted by Gasteiger charge is 2.48. The fourth-order valence-electron chi connectivity index (χ4n) is 3.36. The van der Waals surface area contributed by atoms with Gasteiger partial charge in [0.2, 0.25) is 5.95 Å². The maximum absolute atomic E-state index is 12.1. The highest BCUT2D eigenvalue weighted by Crippen LogP contribution is 2.44. The van der Waals surface area contributed by atoms with Crippen molar-refractivity contribution >= 4 is 25.4 Å². The molecule has 3 N–H and O–H groups in total. The fourth-order valence-corrected chi connectivity index (χ4v) is 4.72. The van der Waals surface area contributed by atoms with Gasteiger partial charge in [0.05, 0.1) is 18.5 Å². The molecule has 0 bridgehead atoms. The Bertz CT molecular complexity index is 885. The lowest BCUT2D eigenvalue weighted by Gasteiger charge is -2.40. The summed E-state index contributed by atoms with van der Waals surface area (Å²) in [4.78, 5) is 23.2. The van der Waals surface area contributed by atoms with Crippen LogP contribution in [0.4, 0.5) is 5.95 Å². The number of ether oxygens (including phenoxy) is 1. The number of H-pyrrole nitrogens is 1. The lowest BCUT2D eigenvalue weighted by molar-refractivity contribution is -0.0321. The molecule has 0 spiro atoms. The molecule has 1 unspecified atom stereocenters. The number of nitrogens with two attached hydrogens (primary N) is 1. The standard InChI is InChI=1S/C18H31N5O3Si/c1-8-11-10(2)13(26-27(6,7)18(3,4)5)16(25-11)23-9-20-12-14(23)21-17(19)22-15(12)24/h9-11,13,16H,8H2,1-7H3,(H3,19,21,22,24)/t10-,11-,13?,16-/m1/s1. The zero-order valence-electron chi connectivity index (χ0n) is 17.2. The molecule has 1 saturated heterocycles. The first kappa shape index (κ1) is 20.0. The number of nitrogens with one attached hydrogen (secondary N) is 1. The third-order valence-electron chi connectivity index (χ3n) is 6.06. The van der Waals surface area contributed by atoms with Crippen molar-refractivity contribution in [3.63, 3.8) is 0 Å².